The fourth-order valence-electron chi connectivity index (χ4n) is 21.6. The first-order chi connectivity index (χ1) is 60.4. The summed E-state index contributed by atoms with van der Waals surface area (Å²) in [4.78, 5) is 175. The zero-order valence-electron chi connectivity index (χ0n) is 72.7. The van der Waals surface area contributed by atoms with Crippen molar-refractivity contribution in [2.45, 2.75) is 177 Å². The second-order valence-corrected chi connectivity index (χ2v) is 37.0. The van der Waals surface area contributed by atoms with Crippen molar-refractivity contribution < 1.29 is 131 Å². The van der Waals surface area contributed by atoms with Gasteiger partial charge in [-0.2, -0.15) is 0 Å². The number of hydrogen-bond donors (Lipinski definition) is 3. The van der Waals surface area contributed by atoms with Crippen molar-refractivity contribution in [3.63, 3.8) is 0 Å². The molecule has 7 amide bonds. The molecule has 1 aromatic rings. The van der Waals surface area contributed by atoms with Gasteiger partial charge in [-0.3, -0.25) is 48.1 Å². The lowest BCUT2D eigenvalue weighted by Gasteiger charge is -2.38. The van der Waals surface area contributed by atoms with Crippen molar-refractivity contribution in [1.29, 1.82) is 0 Å². The number of amides is 7. The van der Waals surface area contributed by atoms with Crippen LogP contribution in [0.5, 0.6) is 0 Å². The van der Waals surface area contributed by atoms with Crippen molar-refractivity contribution in [2.75, 3.05) is 152 Å². The molecule has 12 unspecified atom stereocenters. The molecule has 0 spiro atoms. The molecule has 36 heteroatoms. The molecule has 3 N–H and O–H groups in total. The Balaban J connectivity index is 0.000000123. The normalized spacial score (nSPS) is 35.2. The first-order valence-electron chi connectivity index (χ1n) is 45.2. The van der Waals surface area contributed by atoms with E-state index < -0.39 is 143 Å². The van der Waals surface area contributed by atoms with Gasteiger partial charge in [-0.25, -0.2) is 4.79 Å². The van der Waals surface area contributed by atoms with Gasteiger partial charge in [0, 0.05) is 147 Å². The number of hydrogen-bond acceptors (Lipinski definition) is 26. The van der Waals surface area contributed by atoms with Crippen LogP contribution in [0.4, 0.5) is 4.79 Å². The van der Waals surface area contributed by atoms with Crippen LogP contribution in [0.25, 0.3) is 0 Å². The predicted octanol–water partition coefficient (Wildman–Crippen LogP) is -2.65. The van der Waals surface area contributed by atoms with Crippen molar-refractivity contribution >= 4 is 77.4 Å². The summed E-state index contributed by atoms with van der Waals surface area (Å²) in [5.74, 6) is -13.9. The number of piperidine rings is 2. The summed E-state index contributed by atoms with van der Waals surface area (Å²) in [5, 5.41) is 52.6. The first kappa shape index (κ1) is 92.9. The Morgan fingerprint density at radius 3 is 1.03 bits per heavy atom. The van der Waals surface area contributed by atoms with Crippen LogP contribution in [0.15, 0.2) is 78.9 Å². The Kier molecular flexibility index (Phi) is 29.9. The molecule has 14 saturated heterocycles. The lowest BCUT2D eigenvalue weighted by molar-refractivity contribution is -0.883. The molecule has 0 radical (unpaired) electrons. The van der Waals surface area contributed by atoms with E-state index in [0.717, 1.165) is 136 Å². The van der Waals surface area contributed by atoms with Gasteiger partial charge in [-0.05, 0) is 97.1 Å². The molecule has 36 nitrogen and oxygen atoms in total. The van der Waals surface area contributed by atoms with Crippen LogP contribution < -0.4 is 20.2 Å². The molecule has 19 rings (SSSR count). The quantitative estimate of drug-likeness (QED) is 0.119. The van der Waals surface area contributed by atoms with Crippen LogP contribution >= 0.6 is 0 Å². The molecule has 0 aromatic heterocycles. The predicted molar refractivity (Wildman–Crippen MR) is 437 cm³/mol. The van der Waals surface area contributed by atoms with E-state index in [1.54, 1.807) is 92.7 Å². The van der Waals surface area contributed by atoms with Gasteiger partial charge in [0.15, 0.2) is 0 Å². The van der Waals surface area contributed by atoms with Crippen LogP contribution in [0.2, 0.25) is 0 Å². The number of esters is 1. The van der Waals surface area contributed by atoms with Crippen molar-refractivity contribution in [3.05, 3.63) is 84.5 Å². The molecular formula is C90H122N10O26-2. The second-order valence-electron chi connectivity index (χ2n) is 37.0. The molecule has 12 bridgehead atoms. The molecule has 18 aliphatic heterocycles. The smallest absolute Gasteiger partial charge is 0.410 e. The molecule has 0 aliphatic carbocycles. The SMILES string of the molecule is CC(C)(C)OC(=O)N1CCN(C(=O)C2C(C(=O)O)[C@H]3C=C[C@@H]2O3)CC1.CCN1CCN(C(=O)C2C(C(=O)[O-])[C@H]3CC[C@@H]2O3)CC1.COC(=O)C1C(C(=O)N2CCCCC2)[C@@H]2CC[C@H]1O2.C[NH+]1CCN(C(=O)C2C(C(=O)[O-])[C@H]3C=C[C@@H]2O3)CC1.O=C(O)C1C(C(=O)N2CCN(Cc3ccccc3)CC2)[C@@H]2C=C[C@H]1O2.O=C([O-])C1C(C(=O)N2CCCCC2)[C@@H]2C=C[C@H]1O2. The number of benzene rings is 1. The average Bonchev–Trinajstić information content (AvgIpc) is 1.71. The highest BCUT2D eigenvalue weighted by molar-refractivity contribution is 5.91. The number of ether oxygens (including phenoxy) is 8. The number of carboxylic acid groups (broad SMARTS) is 5. The zero-order chi connectivity index (χ0) is 89.7. The molecular weight excluding hydrogens is 1640 g/mol. The van der Waals surface area contributed by atoms with Gasteiger partial charge in [0.2, 0.25) is 35.4 Å². The van der Waals surface area contributed by atoms with E-state index in [1.807, 2.05) is 29.2 Å². The lowest BCUT2D eigenvalue weighted by Crippen LogP contribution is -3.12. The minimum absolute atomic E-state index is 0.0536. The van der Waals surface area contributed by atoms with Crippen molar-refractivity contribution in [3.8, 4) is 0 Å². The highest BCUT2D eigenvalue weighted by Crippen LogP contribution is 2.48. The number of carbonyl (C=O) groups is 13. The Bertz CT molecular complexity index is 4250. The molecule has 126 heavy (non-hydrogen) atoms. The maximum Gasteiger partial charge on any atom is 0.410 e. The summed E-state index contributed by atoms with van der Waals surface area (Å²) in [6.45, 7) is 23.1. The molecule has 14 fully saturated rings. The summed E-state index contributed by atoms with van der Waals surface area (Å²) in [6.07, 6.45) is 19.1. The largest absolute Gasteiger partial charge is 0.550 e. The maximum absolute atomic E-state index is 12.9. The average molecular weight is 1760 g/mol. The van der Waals surface area contributed by atoms with Gasteiger partial charge in [0.25, 0.3) is 0 Å². The summed E-state index contributed by atoms with van der Waals surface area (Å²) < 4.78 is 43.8. The number of carbonyl (C=O) groups excluding carboxylic acids is 11. The van der Waals surface area contributed by atoms with Gasteiger partial charge in [-0.1, -0.05) is 85.9 Å². The Morgan fingerprint density at radius 2 is 0.675 bits per heavy atom. The highest BCUT2D eigenvalue weighted by atomic mass is 16.6. The van der Waals surface area contributed by atoms with E-state index in [2.05, 4.69) is 35.9 Å². The van der Waals surface area contributed by atoms with Gasteiger partial charge >= 0.3 is 24.0 Å². The fraction of sp³-hybridized carbons (Fsp3) is 0.700. The molecule has 18 aliphatic rings. The minimum Gasteiger partial charge on any atom is -0.550 e. The summed E-state index contributed by atoms with van der Waals surface area (Å²) >= 11 is 0. The second kappa shape index (κ2) is 40.6. The standard InChI is InChI=1S/C19H22N2O4.C17H24N2O6.C14H22N2O4.C14H21NO4.C13H18N2O4.C13H17NO4/c22-18(16-14-6-7-15(25-14)17(16)19(23)24)21-10-8-20(9-11-21)12-13-4-2-1-3-5-13;1-17(2,3)25-16(23)19-8-6-18(7-9-19)14(20)12-10-4-5-11(24-10)13(12)15(21)22;1-2-15-5-7-16(8-6-15)13(17)11-9-3-4-10(20-9)12(11)14(18)19;1-18-14(17)12-10-6-5-9(19-10)11(12)13(16)15-7-3-2-4-8-15;1-14-4-6-15(7-5-14)12(16)10-8-2-3-9(19-8)11(10)13(17)18;15-12(14-6-2-1-3-7-14)10-8-4-5-9(18-8)11(10)13(16)17/h1-7,14-17H,8-12H2,(H,23,24);4-5,10-13H,6-9H2,1-3H3,(H,21,22);9-12H,2-8H2,1H3,(H,18,19);9-12H,2-8H2,1H3;2-3,8-11H,4-7H2,1H3,(H,17,18);4-5,8-11H,1-3,6-7H2,(H,16,17)/p-2/t14-,15+,16?,17?;10-,11+,12?,13?;2*9-,10+,11?,12?;2*8-,9+,10?,11?/m000000/s1. The molecule has 690 valence electrons. The number of methoxy groups -OCH3 is 1. The van der Waals surface area contributed by atoms with Gasteiger partial charge < -0.3 is 122 Å². The molecule has 24 atom stereocenters. The number of carboxylic acids is 5. The molecule has 18 heterocycles. The number of likely N-dealkylation sites (tertiary alicyclic amines) is 2. The number of likely N-dealkylation sites (N-methyl/N-ethyl adjacent to an activating group) is 2. The highest BCUT2D eigenvalue weighted by Gasteiger charge is 2.60. The fourth-order valence-corrected chi connectivity index (χ4v) is 21.6. The number of nitrogens with zero attached hydrogens (tertiary/aromatic N) is 9. The van der Waals surface area contributed by atoms with Gasteiger partial charge in [0.1, 0.15) is 17.4 Å². The van der Waals surface area contributed by atoms with Gasteiger partial charge in [0.05, 0.1) is 155 Å². The Labute approximate surface area is 733 Å². The van der Waals surface area contributed by atoms with Crippen LogP contribution in [-0.4, -0.2) is 362 Å². The van der Waals surface area contributed by atoms with Crippen LogP contribution in [0.3, 0.4) is 0 Å². The van der Waals surface area contributed by atoms with Crippen molar-refractivity contribution in [1.82, 2.24) is 44.1 Å². The third-order valence-electron chi connectivity index (χ3n) is 28.3. The summed E-state index contributed by atoms with van der Waals surface area (Å²) in [6, 6.07) is 10.3. The van der Waals surface area contributed by atoms with E-state index in [1.165, 1.54) is 24.0 Å². The van der Waals surface area contributed by atoms with Crippen LogP contribution in [0.1, 0.15) is 97.5 Å². The van der Waals surface area contributed by atoms with E-state index in [0.29, 0.717) is 65.4 Å². The number of fused-ring (bicyclic) bond motifs is 12. The Morgan fingerprint density at radius 1 is 0.373 bits per heavy atom. The van der Waals surface area contributed by atoms with Crippen LogP contribution in [0, 0.1) is 71.0 Å². The maximum atomic E-state index is 12.9. The lowest BCUT2D eigenvalue weighted by atomic mass is 9.78. The van der Waals surface area contributed by atoms with Crippen LogP contribution in [-0.2, 0) is 102 Å². The summed E-state index contributed by atoms with van der Waals surface area (Å²) in [5.41, 5.74) is 0.700. The van der Waals surface area contributed by atoms with E-state index in [9.17, 15) is 87.9 Å². The third kappa shape index (κ3) is 20.4. The minimum atomic E-state index is -1.19. The molecule has 0 saturated carbocycles. The first-order valence-corrected chi connectivity index (χ1v) is 45.2. The number of rotatable bonds is 15. The number of nitrogens with one attached hydrogen (secondary N) is 1. The van der Waals surface area contributed by atoms with Gasteiger partial charge in [-0.15, -0.1) is 0 Å². The number of piperazine rings is 4. The number of quaternary nitrogens is 1. The molecule has 1 aromatic carbocycles. The van der Waals surface area contributed by atoms with E-state index >= 15 is 0 Å². The summed E-state index contributed by atoms with van der Waals surface area (Å²) in [7, 11) is 3.48. The van der Waals surface area contributed by atoms with E-state index in [4.69, 9.17) is 37.9 Å². The van der Waals surface area contributed by atoms with E-state index in [-0.39, 0.29) is 84.0 Å². The topological polar surface area (TPSA) is 439 Å². The van der Waals surface area contributed by atoms with Crippen molar-refractivity contribution in [2.24, 2.45) is 71.0 Å². The Hall–Kier alpha value is -9.27. The number of aliphatic carboxylic acids is 5. The third-order valence-corrected chi connectivity index (χ3v) is 28.3. The zero-order valence-corrected chi connectivity index (χ0v) is 72.7. The monoisotopic (exact) mass is 1760 g/mol.